The highest BCUT2D eigenvalue weighted by Gasteiger charge is 2.13. The van der Waals surface area contributed by atoms with E-state index < -0.39 is 0 Å². The van der Waals surface area contributed by atoms with Crippen LogP contribution < -0.4 is 5.32 Å². The number of oxazole rings is 1. The van der Waals surface area contributed by atoms with Crippen molar-refractivity contribution in [1.29, 1.82) is 0 Å². The first-order valence-electron chi connectivity index (χ1n) is 9.28. The topological polar surface area (TPSA) is 68.3 Å². The lowest BCUT2D eigenvalue weighted by atomic mass is 10.0. The van der Waals surface area contributed by atoms with Crippen LogP contribution in [0.1, 0.15) is 5.76 Å². The Kier molecular flexibility index (Phi) is 4.69. The van der Waals surface area contributed by atoms with Gasteiger partial charge in [-0.1, -0.05) is 40.2 Å². The molecule has 2 aromatic heterocycles. The van der Waals surface area contributed by atoms with E-state index in [1.54, 1.807) is 42.7 Å². The number of aromatic nitrogens is 1. The molecule has 5 nitrogen and oxygen atoms in total. The van der Waals surface area contributed by atoms with Crippen molar-refractivity contribution in [3.63, 3.8) is 0 Å². The Hall–Kier alpha value is -3.64. The molecule has 0 radical (unpaired) electrons. The van der Waals surface area contributed by atoms with Crippen molar-refractivity contribution in [2.45, 2.75) is 0 Å². The zero-order chi connectivity index (χ0) is 20.5. The normalized spacial score (nSPS) is 11.5. The molecule has 5 rings (SSSR count). The summed E-state index contributed by atoms with van der Waals surface area (Å²) >= 11 is 3.59. The van der Waals surface area contributed by atoms with Gasteiger partial charge in [-0.05, 0) is 59.3 Å². The number of furan rings is 1. The number of hydrogen-bond donors (Lipinski definition) is 1. The van der Waals surface area contributed by atoms with E-state index in [2.05, 4.69) is 32.3 Å². The van der Waals surface area contributed by atoms with Gasteiger partial charge in [0.2, 0.25) is 11.8 Å². The molecule has 0 fully saturated rings. The molecular formula is C24H15BrN2O3. The minimum absolute atomic E-state index is 0.256. The number of nitrogens with one attached hydrogen (secondary N) is 1. The van der Waals surface area contributed by atoms with Crippen molar-refractivity contribution < 1.29 is 13.6 Å². The van der Waals surface area contributed by atoms with Crippen molar-refractivity contribution in [2.24, 2.45) is 0 Å². The number of amides is 1. The van der Waals surface area contributed by atoms with E-state index in [9.17, 15) is 4.79 Å². The van der Waals surface area contributed by atoms with Crippen LogP contribution in [-0.4, -0.2) is 10.9 Å². The Balaban J connectivity index is 1.45. The molecule has 0 saturated heterocycles. The fourth-order valence-electron chi connectivity index (χ4n) is 3.31. The molecule has 0 aliphatic rings. The van der Waals surface area contributed by atoms with Gasteiger partial charge in [-0.3, -0.25) is 4.79 Å². The average molecular weight is 459 g/mol. The zero-order valence-electron chi connectivity index (χ0n) is 15.6. The highest BCUT2D eigenvalue weighted by Crippen LogP contribution is 2.34. The standard InChI is InChI=1S/C24H15BrN2O3/c25-20-8-2-5-17-18(20)6-1-7-19(17)24-27-21-14-15(9-11-22(21)30-24)26-23(28)12-10-16-4-3-13-29-16/h1-14H,(H,26,28). The molecule has 5 aromatic rings. The van der Waals surface area contributed by atoms with Gasteiger partial charge in [-0.25, -0.2) is 4.98 Å². The van der Waals surface area contributed by atoms with Gasteiger partial charge in [0.15, 0.2) is 5.58 Å². The number of nitrogens with zero attached hydrogens (tertiary/aromatic N) is 1. The summed E-state index contributed by atoms with van der Waals surface area (Å²) in [5, 5.41) is 4.97. The van der Waals surface area contributed by atoms with E-state index in [-0.39, 0.29) is 5.91 Å². The summed E-state index contributed by atoms with van der Waals surface area (Å²) in [5.41, 5.74) is 2.88. The van der Waals surface area contributed by atoms with Gasteiger partial charge < -0.3 is 14.2 Å². The van der Waals surface area contributed by atoms with Crippen molar-refractivity contribution >= 4 is 55.5 Å². The van der Waals surface area contributed by atoms with E-state index >= 15 is 0 Å². The number of carbonyl (C=O) groups is 1. The first kappa shape index (κ1) is 18.4. The molecule has 2 heterocycles. The first-order chi connectivity index (χ1) is 14.7. The molecule has 3 aromatic carbocycles. The third-order valence-electron chi connectivity index (χ3n) is 4.70. The fraction of sp³-hybridized carbons (Fsp3) is 0. The monoisotopic (exact) mass is 458 g/mol. The second kappa shape index (κ2) is 7.65. The summed E-state index contributed by atoms with van der Waals surface area (Å²) < 4.78 is 12.2. The van der Waals surface area contributed by atoms with Crippen LogP contribution >= 0.6 is 15.9 Å². The summed E-state index contributed by atoms with van der Waals surface area (Å²) in [6.07, 6.45) is 4.59. The molecule has 146 valence electrons. The molecule has 0 bridgehead atoms. The molecule has 6 heteroatoms. The van der Waals surface area contributed by atoms with E-state index in [4.69, 9.17) is 8.83 Å². The zero-order valence-corrected chi connectivity index (χ0v) is 17.2. The van der Waals surface area contributed by atoms with E-state index in [0.29, 0.717) is 28.4 Å². The third kappa shape index (κ3) is 3.53. The quantitative estimate of drug-likeness (QED) is 0.306. The number of rotatable bonds is 4. The summed E-state index contributed by atoms with van der Waals surface area (Å²) in [6, 6.07) is 21.0. The van der Waals surface area contributed by atoms with Gasteiger partial charge in [0.25, 0.3) is 0 Å². The molecule has 0 atom stereocenters. The van der Waals surface area contributed by atoms with Crippen LogP contribution in [0.3, 0.4) is 0 Å². The predicted molar refractivity (Wildman–Crippen MR) is 121 cm³/mol. The molecule has 0 aliphatic heterocycles. The number of carbonyl (C=O) groups excluding carboxylic acids is 1. The van der Waals surface area contributed by atoms with Crippen LogP contribution in [0.5, 0.6) is 0 Å². The Bertz CT molecular complexity index is 1400. The number of anilines is 1. The van der Waals surface area contributed by atoms with Gasteiger partial charge in [0, 0.05) is 21.8 Å². The second-order valence-electron chi connectivity index (χ2n) is 6.68. The van der Waals surface area contributed by atoms with Gasteiger partial charge in [0.05, 0.1) is 6.26 Å². The van der Waals surface area contributed by atoms with Crippen molar-refractivity contribution in [3.8, 4) is 11.5 Å². The van der Waals surface area contributed by atoms with Crippen LogP contribution in [0, 0.1) is 0 Å². The van der Waals surface area contributed by atoms with Crippen molar-refractivity contribution in [1.82, 2.24) is 4.98 Å². The maximum atomic E-state index is 12.2. The van der Waals surface area contributed by atoms with Crippen LogP contribution in [0.15, 0.2) is 92.4 Å². The lowest BCUT2D eigenvalue weighted by molar-refractivity contribution is -0.111. The fourth-order valence-corrected chi connectivity index (χ4v) is 3.80. The number of hydrogen-bond acceptors (Lipinski definition) is 4. The van der Waals surface area contributed by atoms with Crippen LogP contribution in [0.25, 0.3) is 39.4 Å². The lowest BCUT2D eigenvalue weighted by Gasteiger charge is -2.04. The largest absolute Gasteiger partial charge is 0.465 e. The van der Waals surface area contributed by atoms with E-state index in [0.717, 1.165) is 20.8 Å². The van der Waals surface area contributed by atoms with Gasteiger partial charge in [0.1, 0.15) is 11.3 Å². The van der Waals surface area contributed by atoms with Gasteiger partial charge in [-0.15, -0.1) is 0 Å². The number of fused-ring (bicyclic) bond motifs is 2. The summed E-state index contributed by atoms with van der Waals surface area (Å²) in [4.78, 5) is 16.8. The SMILES string of the molecule is O=C(C=Cc1ccco1)Nc1ccc2oc(-c3cccc4c(Br)cccc34)nc2c1. The highest BCUT2D eigenvalue weighted by molar-refractivity contribution is 9.10. The minimum atomic E-state index is -0.256. The van der Waals surface area contributed by atoms with Crippen LogP contribution in [-0.2, 0) is 4.79 Å². The molecule has 0 unspecified atom stereocenters. The summed E-state index contributed by atoms with van der Waals surface area (Å²) in [7, 11) is 0. The Morgan fingerprint density at radius 1 is 1.00 bits per heavy atom. The summed E-state index contributed by atoms with van der Waals surface area (Å²) in [5.74, 6) is 0.895. The molecule has 0 aliphatic carbocycles. The lowest BCUT2D eigenvalue weighted by Crippen LogP contribution is -2.07. The van der Waals surface area contributed by atoms with Crippen molar-refractivity contribution in [2.75, 3.05) is 5.32 Å². The molecule has 1 amide bonds. The number of benzene rings is 3. The maximum absolute atomic E-state index is 12.2. The first-order valence-corrected chi connectivity index (χ1v) is 10.1. The highest BCUT2D eigenvalue weighted by atomic mass is 79.9. The third-order valence-corrected chi connectivity index (χ3v) is 5.39. The van der Waals surface area contributed by atoms with E-state index in [1.165, 1.54) is 6.08 Å². The molecule has 0 saturated carbocycles. The maximum Gasteiger partial charge on any atom is 0.248 e. The van der Waals surface area contributed by atoms with Gasteiger partial charge in [-0.2, -0.15) is 0 Å². The average Bonchev–Trinajstić information content (AvgIpc) is 3.42. The summed E-state index contributed by atoms with van der Waals surface area (Å²) in [6.45, 7) is 0. The van der Waals surface area contributed by atoms with Gasteiger partial charge >= 0.3 is 0 Å². The van der Waals surface area contributed by atoms with Crippen LogP contribution in [0.2, 0.25) is 0 Å². The van der Waals surface area contributed by atoms with Crippen LogP contribution in [0.4, 0.5) is 5.69 Å². The number of halogens is 1. The minimum Gasteiger partial charge on any atom is -0.465 e. The molecule has 0 spiro atoms. The molecule has 1 N–H and O–H groups in total. The predicted octanol–water partition coefficient (Wildman–Crippen LogP) is 6.66. The second-order valence-corrected chi connectivity index (χ2v) is 7.53. The van der Waals surface area contributed by atoms with Crippen molar-refractivity contribution in [3.05, 3.63) is 89.3 Å². The van der Waals surface area contributed by atoms with E-state index in [1.807, 2.05) is 30.3 Å². The Labute approximate surface area is 180 Å². The Morgan fingerprint density at radius 3 is 2.73 bits per heavy atom. The molecular weight excluding hydrogens is 444 g/mol. The Morgan fingerprint density at radius 2 is 1.87 bits per heavy atom. The molecule has 30 heavy (non-hydrogen) atoms. The smallest absolute Gasteiger partial charge is 0.248 e.